The molecule has 2 amide bonds. The van der Waals surface area contributed by atoms with E-state index >= 15 is 0 Å². The van der Waals surface area contributed by atoms with E-state index in [0.29, 0.717) is 18.8 Å². The van der Waals surface area contributed by atoms with Gasteiger partial charge in [0.2, 0.25) is 0 Å². The van der Waals surface area contributed by atoms with Gasteiger partial charge in [-0.2, -0.15) is 9.59 Å². The predicted molar refractivity (Wildman–Crippen MR) is 243 cm³/mol. The summed E-state index contributed by atoms with van der Waals surface area (Å²) in [4.78, 5) is 64.2. The van der Waals surface area contributed by atoms with Gasteiger partial charge in [-0.15, -0.1) is 22.7 Å². The first kappa shape index (κ1) is 51.1. The molecule has 6 aromatic rings. The molecule has 13 nitrogen and oxygen atoms in total. The first-order valence-corrected chi connectivity index (χ1v) is 22.2. The maximum absolute atomic E-state index is 12.7. The average Bonchev–Trinajstić information content (AvgIpc) is 4.06. The number of pyridine rings is 2. The monoisotopic (exact) mass is 899 g/mol. The van der Waals surface area contributed by atoms with Crippen LogP contribution >= 0.6 is 22.7 Å². The molecule has 2 saturated heterocycles. The number of aryl methyl sites for hydroxylation is 1. The minimum atomic E-state index is -0.519. The molecule has 0 aliphatic carbocycles. The topological polar surface area (TPSA) is 165 Å². The molecule has 2 aliphatic heterocycles. The largest absolute Gasteiger partial charge is 1.00 e. The third-order valence-electron chi connectivity index (χ3n) is 9.99. The number of benzene rings is 2. The molecule has 8 rings (SSSR count). The summed E-state index contributed by atoms with van der Waals surface area (Å²) in [5.74, 6) is 0. The second-order valence-electron chi connectivity index (χ2n) is 16.8. The van der Waals surface area contributed by atoms with Crippen LogP contribution in [-0.4, -0.2) is 85.9 Å². The number of fused-ring (bicyclic) bond motifs is 2. The summed E-state index contributed by atoms with van der Waals surface area (Å²) in [5.41, 5.74) is 6.34. The molecule has 3 radical (unpaired) electrons. The standard InChI is InChI=1S/C23H27N3O2S.C22H25N3O3S.CO2.B.Na.H/c1-5-15-13-17(16-9-6-7-10-18(16)24-15)19-14-29-21(25-19)20-11-8-12-26(20)22(27)28-23(2,3)4;1-22(2,3)28-21(27)25-10-6-9-19(25)20-24-18(13-29-20)16-11-14(12-26)23-17-8-5-4-7-15(16)17;2-1-3;;;/h6-7,9-10,13-14,20H,5,8,11-12H2,1-4H3;4-5,7-8,11,13,19,26H,6,9-10,12H2,1-3H3;;;;/q;;;;+1;-1/t20-;19-;;;;/m00..../s1. The molecule has 0 saturated carbocycles. The summed E-state index contributed by atoms with van der Waals surface area (Å²) in [6, 6.07) is 20.0. The molecule has 1 N–H and O–H groups in total. The number of ether oxygens (including phenoxy) is 2. The molecule has 2 aliphatic rings. The van der Waals surface area contributed by atoms with Crippen LogP contribution in [0.5, 0.6) is 0 Å². The van der Waals surface area contributed by atoms with Crippen molar-refractivity contribution in [2.45, 2.75) is 110 Å². The maximum atomic E-state index is 12.7. The van der Waals surface area contributed by atoms with Gasteiger partial charge in [0, 0.05) is 59.9 Å². The summed E-state index contributed by atoms with van der Waals surface area (Å²) in [5, 5.41) is 17.7. The van der Waals surface area contributed by atoms with Gasteiger partial charge in [0.25, 0.3) is 0 Å². The third-order valence-corrected chi connectivity index (χ3v) is 11.9. The Labute approximate surface area is 402 Å². The maximum Gasteiger partial charge on any atom is 1.00 e. The van der Waals surface area contributed by atoms with E-state index < -0.39 is 11.2 Å². The van der Waals surface area contributed by atoms with Crippen molar-refractivity contribution >= 4 is 71.2 Å². The normalized spacial score (nSPS) is 15.9. The quantitative estimate of drug-likeness (QED) is 0.170. The molecule has 2 aromatic carbocycles. The smallest absolute Gasteiger partial charge is 1.00 e. The van der Waals surface area contributed by atoms with Gasteiger partial charge >= 0.3 is 47.9 Å². The fourth-order valence-electron chi connectivity index (χ4n) is 7.40. The van der Waals surface area contributed by atoms with Crippen LogP contribution in [0.1, 0.15) is 109 Å². The Morgan fingerprint density at radius 2 is 1.13 bits per heavy atom. The number of para-hydroxylation sites is 2. The van der Waals surface area contributed by atoms with E-state index in [-0.39, 0.29) is 76.4 Å². The van der Waals surface area contributed by atoms with E-state index in [1.54, 1.807) is 27.6 Å². The zero-order valence-electron chi connectivity index (χ0n) is 38.2. The van der Waals surface area contributed by atoms with Crippen molar-refractivity contribution in [1.29, 1.82) is 0 Å². The number of aliphatic hydroxyl groups is 1. The van der Waals surface area contributed by atoms with Gasteiger partial charge in [-0.3, -0.25) is 19.8 Å². The Balaban J connectivity index is 0.000000307. The molecule has 2 atom stereocenters. The molecular formula is C46H53BN6NaO7S2. The van der Waals surface area contributed by atoms with Crippen LogP contribution in [0.3, 0.4) is 0 Å². The van der Waals surface area contributed by atoms with E-state index in [4.69, 9.17) is 34.0 Å². The Kier molecular flexibility index (Phi) is 18.2. The van der Waals surface area contributed by atoms with Gasteiger partial charge in [-0.1, -0.05) is 43.3 Å². The van der Waals surface area contributed by atoms with E-state index in [0.717, 1.165) is 92.1 Å². The summed E-state index contributed by atoms with van der Waals surface area (Å²) in [6.07, 6.45) is 4.30. The molecule has 17 heteroatoms. The number of likely N-dealkylation sites (tertiary alicyclic amines) is 2. The number of carbonyl (C=O) groups excluding carboxylic acids is 4. The second-order valence-corrected chi connectivity index (χ2v) is 18.5. The van der Waals surface area contributed by atoms with Crippen LogP contribution in [-0.2, 0) is 32.1 Å². The zero-order valence-corrected chi connectivity index (χ0v) is 40.8. The number of aromatic nitrogens is 4. The van der Waals surface area contributed by atoms with Crippen molar-refractivity contribution in [3.8, 4) is 22.5 Å². The van der Waals surface area contributed by atoms with Crippen molar-refractivity contribution in [3.05, 3.63) is 92.8 Å². The molecule has 2 fully saturated rings. The van der Waals surface area contributed by atoms with Crippen molar-refractivity contribution in [1.82, 2.24) is 29.7 Å². The number of hydrogen-bond donors (Lipinski definition) is 1. The Hall–Kier alpha value is -4.54. The molecule has 4 aromatic heterocycles. The number of hydrogen-bond acceptors (Lipinski definition) is 13. The summed E-state index contributed by atoms with van der Waals surface area (Å²) >= 11 is 3.18. The van der Waals surface area contributed by atoms with Crippen LogP contribution in [0.4, 0.5) is 9.59 Å². The first-order chi connectivity index (χ1) is 29.1. The fraction of sp³-hybridized carbons (Fsp3) is 0.413. The van der Waals surface area contributed by atoms with Gasteiger partial charge in [-0.25, -0.2) is 19.6 Å². The summed E-state index contributed by atoms with van der Waals surface area (Å²) in [7, 11) is 0. The molecule has 0 bridgehead atoms. The molecule has 6 heterocycles. The number of rotatable bonds is 6. The minimum absolute atomic E-state index is 0. The number of amides is 2. The number of aliphatic hydroxyl groups excluding tert-OH is 1. The van der Waals surface area contributed by atoms with Crippen molar-refractivity contribution in [3.63, 3.8) is 0 Å². The SMILES string of the molecule is CC(C)(C)OC(=O)N1CCC[C@H]1c1nc(-c2cc(CO)nc3ccccc23)cs1.CCc1cc(-c2csc([C@@H]3CCCN3C(=O)OC(C)(C)C)n2)c2ccccc2n1.O=C=O.[B].[H-].[Na+]. The molecular weight excluding hydrogens is 846 g/mol. The van der Waals surface area contributed by atoms with E-state index in [1.165, 1.54) is 0 Å². The van der Waals surface area contributed by atoms with Crippen LogP contribution < -0.4 is 29.6 Å². The van der Waals surface area contributed by atoms with Gasteiger partial charge in [0.05, 0.1) is 46.8 Å². The molecule has 63 heavy (non-hydrogen) atoms. The Morgan fingerprint density at radius 1 is 0.730 bits per heavy atom. The van der Waals surface area contributed by atoms with Crippen molar-refractivity contribution in [2.24, 2.45) is 0 Å². The summed E-state index contributed by atoms with van der Waals surface area (Å²) in [6.45, 7) is 14.7. The number of carbonyl (C=O) groups is 2. The average molecular weight is 900 g/mol. The molecule has 325 valence electrons. The third kappa shape index (κ3) is 12.8. The van der Waals surface area contributed by atoms with Crippen molar-refractivity contribution < 1.29 is 64.7 Å². The first-order valence-electron chi connectivity index (χ1n) is 20.4. The Morgan fingerprint density at radius 3 is 1.52 bits per heavy atom. The fourth-order valence-corrected chi connectivity index (χ4v) is 9.33. The Bertz CT molecular complexity index is 2370. The van der Waals surface area contributed by atoms with Crippen molar-refractivity contribution in [2.75, 3.05) is 13.1 Å². The van der Waals surface area contributed by atoms with E-state index in [2.05, 4.69) is 29.4 Å². The van der Waals surface area contributed by atoms with Gasteiger partial charge in [0.15, 0.2) is 0 Å². The van der Waals surface area contributed by atoms with E-state index in [9.17, 15) is 14.7 Å². The van der Waals surface area contributed by atoms with Crippen LogP contribution in [0.15, 0.2) is 71.4 Å². The van der Waals surface area contributed by atoms with Crippen LogP contribution in [0.2, 0.25) is 0 Å². The van der Waals surface area contributed by atoms with E-state index in [1.807, 2.05) is 100 Å². The zero-order chi connectivity index (χ0) is 43.9. The molecule has 0 unspecified atom stereocenters. The number of nitrogens with zero attached hydrogens (tertiary/aromatic N) is 6. The van der Waals surface area contributed by atoms with Gasteiger partial charge < -0.3 is 16.0 Å². The van der Waals surface area contributed by atoms with Crippen LogP contribution in [0.25, 0.3) is 44.3 Å². The summed E-state index contributed by atoms with van der Waals surface area (Å²) < 4.78 is 11.2. The van der Waals surface area contributed by atoms with Crippen LogP contribution in [0, 0.1) is 0 Å². The van der Waals surface area contributed by atoms with Gasteiger partial charge in [0.1, 0.15) is 21.2 Å². The number of thiazole rings is 2. The molecule has 0 spiro atoms. The van der Waals surface area contributed by atoms with Gasteiger partial charge in [-0.05, 0) is 97.9 Å². The predicted octanol–water partition coefficient (Wildman–Crippen LogP) is 7.07. The second kappa shape index (κ2) is 22.4. The minimum Gasteiger partial charge on any atom is -1.00 e.